The zero-order valence-electron chi connectivity index (χ0n) is 14.4. The first-order valence-corrected chi connectivity index (χ1v) is 8.59. The van der Waals surface area contributed by atoms with Crippen LogP contribution in [0.25, 0.3) is 0 Å². The van der Waals surface area contributed by atoms with Gasteiger partial charge in [-0.05, 0) is 25.3 Å². The molecule has 0 bridgehead atoms. The van der Waals surface area contributed by atoms with E-state index in [1.54, 1.807) is 17.0 Å². The molecule has 2 heterocycles. The standard InChI is InChI=1S/C18H21N3O4/c1-3-14-13(17(4-2)25-19-14)11-18(22)20-10-6-7-12-15(20)8-5-9-16(12)21(23)24/h5,8-9H,3-4,6-7,10-11H2,1-2H3. The minimum absolute atomic E-state index is 0.0750. The van der Waals surface area contributed by atoms with E-state index < -0.39 is 0 Å². The van der Waals surface area contributed by atoms with Crippen LogP contribution in [-0.2, 0) is 30.5 Å². The average molecular weight is 343 g/mol. The number of aromatic nitrogens is 1. The molecule has 3 rings (SSSR count). The summed E-state index contributed by atoms with van der Waals surface area (Å²) in [6, 6.07) is 4.92. The summed E-state index contributed by atoms with van der Waals surface area (Å²) in [5.41, 5.74) is 3.04. The molecule has 25 heavy (non-hydrogen) atoms. The largest absolute Gasteiger partial charge is 0.361 e. The second-order valence-electron chi connectivity index (χ2n) is 6.10. The van der Waals surface area contributed by atoms with E-state index in [1.165, 1.54) is 6.07 Å². The van der Waals surface area contributed by atoms with Gasteiger partial charge in [0.1, 0.15) is 5.76 Å². The Hall–Kier alpha value is -2.70. The Morgan fingerprint density at radius 2 is 2.16 bits per heavy atom. The molecule has 0 aliphatic carbocycles. The van der Waals surface area contributed by atoms with Crippen molar-refractivity contribution in [2.45, 2.75) is 46.0 Å². The molecule has 1 amide bonds. The lowest BCUT2D eigenvalue weighted by Gasteiger charge is -2.29. The summed E-state index contributed by atoms with van der Waals surface area (Å²) in [6.45, 7) is 4.51. The Balaban J connectivity index is 1.92. The molecule has 1 aliphatic rings. The third kappa shape index (κ3) is 3.14. The molecule has 0 radical (unpaired) electrons. The molecule has 0 atom stereocenters. The van der Waals surface area contributed by atoms with Crippen molar-refractivity contribution in [2.75, 3.05) is 11.4 Å². The summed E-state index contributed by atoms with van der Waals surface area (Å²) in [4.78, 5) is 25.5. The maximum Gasteiger partial charge on any atom is 0.274 e. The van der Waals surface area contributed by atoms with Gasteiger partial charge in [0, 0.05) is 24.6 Å². The number of benzene rings is 1. The van der Waals surface area contributed by atoms with Crippen LogP contribution in [0.2, 0.25) is 0 Å². The lowest BCUT2D eigenvalue weighted by molar-refractivity contribution is -0.385. The predicted octanol–water partition coefficient (Wildman–Crippen LogP) is 3.23. The van der Waals surface area contributed by atoms with Crippen molar-refractivity contribution >= 4 is 17.3 Å². The topological polar surface area (TPSA) is 89.5 Å². The molecule has 1 aromatic carbocycles. The van der Waals surface area contributed by atoms with Crippen molar-refractivity contribution < 1.29 is 14.2 Å². The molecule has 0 saturated heterocycles. The minimum atomic E-state index is -0.378. The van der Waals surface area contributed by atoms with E-state index in [2.05, 4.69) is 5.16 Å². The van der Waals surface area contributed by atoms with Crippen molar-refractivity contribution in [1.29, 1.82) is 0 Å². The van der Waals surface area contributed by atoms with E-state index >= 15 is 0 Å². The summed E-state index contributed by atoms with van der Waals surface area (Å²) in [6.07, 6.45) is 2.92. The predicted molar refractivity (Wildman–Crippen MR) is 92.7 cm³/mol. The van der Waals surface area contributed by atoms with Crippen LogP contribution in [0.3, 0.4) is 0 Å². The van der Waals surface area contributed by atoms with Crippen LogP contribution in [0, 0.1) is 10.1 Å². The van der Waals surface area contributed by atoms with Gasteiger partial charge >= 0.3 is 0 Å². The Kier molecular flexibility index (Phi) is 4.83. The van der Waals surface area contributed by atoms with Gasteiger partial charge in [-0.25, -0.2) is 0 Å². The second-order valence-corrected chi connectivity index (χ2v) is 6.10. The molecule has 0 fully saturated rings. The molecule has 0 saturated carbocycles. The number of carbonyl (C=O) groups is 1. The summed E-state index contributed by atoms with van der Waals surface area (Å²) < 4.78 is 5.33. The van der Waals surface area contributed by atoms with E-state index in [9.17, 15) is 14.9 Å². The van der Waals surface area contributed by atoms with Gasteiger partial charge in [0.2, 0.25) is 5.91 Å². The highest BCUT2D eigenvalue weighted by molar-refractivity contribution is 5.96. The van der Waals surface area contributed by atoms with Gasteiger partial charge in [0.05, 0.1) is 28.3 Å². The van der Waals surface area contributed by atoms with E-state index in [0.717, 1.165) is 17.0 Å². The molecule has 7 nitrogen and oxygen atoms in total. The Morgan fingerprint density at radius 3 is 2.84 bits per heavy atom. The number of hydrogen-bond donors (Lipinski definition) is 0. The number of hydrogen-bond acceptors (Lipinski definition) is 5. The van der Waals surface area contributed by atoms with Gasteiger partial charge in [0.25, 0.3) is 5.69 Å². The summed E-state index contributed by atoms with van der Waals surface area (Å²) in [7, 11) is 0. The van der Waals surface area contributed by atoms with Crippen molar-refractivity contribution in [1.82, 2.24) is 5.16 Å². The highest BCUT2D eigenvalue weighted by Crippen LogP contribution is 2.34. The number of rotatable bonds is 5. The molecule has 7 heteroatoms. The molecular formula is C18H21N3O4. The fraction of sp³-hybridized carbons (Fsp3) is 0.444. The summed E-state index contributed by atoms with van der Waals surface area (Å²) >= 11 is 0. The lowest BCUT2D eigenvalue weighted by atomic mass is 9.98. The maximum absolute atomic E-state index is 12.9. The number of nitro benzene ring substituents is 1. The van der Waals surface area contributed by atoms with E-state index in [4.69, 9.17) is 4.52 Å². The number of nitro groups is 1. The first kappa shape index (κ1) is 17.1. The SMILES string of the molecule is CCc1noc(CC)c1CC(=O)N1CCCc2c1cccc2[N+](=O)[O-]. The van der Waals surface area contributed by atoms with E-state index in [-0.39, 0.29) is 22.9 Å². The maximum atomic E-state index is 12.9. The molecule has 0 N–H and O–H groups in total. The molecule has 0 unspecified atom stereocenters. The first-order chi connectivity index (χ1) is 12.1. The average Bonchev–Trinajstić information content (AvgIpc) is 3.02. The van der Waals surface area contributed by atoms with Crippen molar-refractivity contribution in [3.63, 3.8) is 0 Å². The van der Waals surface area contributed by atoms with Gasteiger partial charge in [-0.15, -0.1) is 0 Å². The van der Waals surface area contributed by atoms with Crippen molar-refractivity contribution in [3.05, 3.63) is 50.9 Å². The highest BCUT2D eigenvalue weighted by atomic mass is 16.6. The Morgan fingerprint density at radius 1 is 1.36 bits per heavy atom. The van der Waals surface area contributed by atoms with E-state index in [0.29, 0.717) is 43.5 Å². The van der Waals surface area contributed by atoms with Gasteiger partial charge < -0.3 is 9.42 Å². The number of fused-ring (bicyclic) bond motifs is 1. The molecule has 132 valence electrons. The number of amides is 1. The zero-order chi connectivity index (χ0) is 18.0. The van der Waals surface area contributed by atoms with Crippen molar-refractivity contribution in [3.8, 4) is 0 Å². The molecule has 1 aliphatic heterocycles. The lowest BCUT2D eigenvalue weighted by Crippen LogP contribution is -2.37. The first-order valence-electron chi connectivity index (χ1n) is 8.59. The fourth-order valence-electron chi connectivity index (χ4n) is 3.42. The third-order valence-corrected chi connectivity index (χ3v) is 4.66. The smallest absolute Gasteiger partial charge is 0.274 e. The molecule has 1 aromatic heterocycles. The Bertz CT molecular complexity index is 791. The van der Waals surface area contributed by atoms with Gasteiger partial charge in [-0.3, -0.25) is 14.9 Å². The normalized spacial score (nSPS) is 13.6. The second kappa shape index (κ2) is 7.04. The minimum Gasteiger partial charge on any atom is -0.361 e. The van der Waals surface area contributed by atoms with Crippen LogP contribution >= 0.6 is 0 Å². The number of anilines is 1. The third-order valence-electron chi connectivity index (χ3n) is 4.66. The molecule has 0 spiro atoms. The Labute approximate surface area is 145 Å². The number of aryl methyl sites for hydroxylation is 2. The molecular weight excluding hydrogens is 322 g/mol. The van der Waals surface area contributed by atoms with Gasteiger partial charge in [-0.1, -0.05) is 25.1 Å². The van der Waals surface area contributed by atoms with Crippen molar-refractivity contribution in [2.24, 2.45) is 0 Å². The zero-order valence-corrected chi connectivity index (χ0v) is 14.4. The van der Waals surface area contributed by atoms with Crippen LogP contribution in [0.15, 0.2) is 22.7 Å². The van der Waals surface area contributed by atoms with Crippen LogP contribution in [-0.4, -0.2) is 22.5 Å². The van der Waals surface area contributed by atoms with Crippen LogP contribution < -0.4 is 4.90 Å². The monoisotopic (exact) mass is 343 g/mol. The van der Waals surface area contributed by atoms with Gasteiger partial charge in [-0.2, -0.15) is 0 Å². The quantitative estimate of drug-likeness (QED) is 0.614. The van der Waals surface area contributed by atoms with E-state index in [1.807, 2.05) is 13.8 Å². The summed E-state index contributed by atoms with van der Waals surface area (Å²) in [5.74, 6) is 0.663. The van der Waals surface area contributed by atoms with Gasteiger partial charge in [0.15, 0.2) is 0 Å². The molecule has 2 aromatic rings. The fourth-order valence-corrected chi connectivity index (χ4v) is 3.42. The summed E-state index contributed by atoms with van der Waals surface area (Å²) in [5, 5.41) is 15.3. The highest BCUT2D eigenvalue weighted by Gasteiger charge is 2.29. The number of nitrogens with zero attached hydrogens (tertiary/aromatic N) is 3. The van der Waals surface area contributed by atoms with Crippen LogP contribution in [0.5, 0.6) is 0 Å². The van der Waals surface area contributed by atoms with Crippen LogP contribution in [0.1, 0.15) is 42.8 Å². The number of carbonyl (C=O) groups excluding carboxylic acids is 1. The van der Waals surface area contributed by atoms with Crippen LogP contribution in [0.4, 0.5) is 11.4 Å².